The molecule has 6 heteroatoms. The molecule has 0 saturated carbocycles. The van der Waals surface area contributed by atoms with Crippen LogP contribution < -0.4 is 0 Å². The van der Waals surface area contributed by atoms with Crippen LogP contribution in [0.5, 0.6) is 0 Å². The van der Waals surface area contributed by atoms with Gasteiger partial charge in [-0.2, -0.15) is 12.6 Å². The number of hydrogen-bond acceptors (Lipinski definition) is 4. The summed E-state index contributed by atoms with van der Waals surface area (Å²) in [6, 6.07) is 15.4. The van der Waals surface area contributed by atoms with Crippen molar-refractivity contribution in [1.82, 2.24) is 4.98 Å². The topological polar surface area (TPSA) is 63.3 Å². The lowest BCUT2D eigenvalue weighted by Gasteiger charge is -1.97. The van der Waals surface area contributed by atoms with Gasteiger partial charge in [0.2, 0.25) is 5.89 Å². The normalized spacial score (nSPS) is 12.1. The first kappa shape index (κ1) is 15.6. The molecule has 0 fully saturated rings. The van der Waals surface area contributed by atoms with Gasteiger partial charge in [0.05, 0.1) is 0 Å². The van der Waals surface area contributed by atoms with Crippen LogP contribution in [0.25, 0.3) is 22.4 Å². The highest BCUT2D eigenvalue weighted by atomic mass is 35.5. The number of oxazole rings is 1. The highest BCUT2D eigenvalue weighted by Crippen LogP contribution is 2.37. The van der Waals surface area contributed by atoms with Gasteiger partial charge < -0.3 is 9.52 Å². The van der Waals surface area contributed by atoms with Crippen molar-refractivity contribution in [2.24, 2.45) is 0 Å². The number of thiol groups is 1. The number of halogens is 1. The van der Waals surface area contributed by atoms with E-state index in [-0.39, 0.29) is 5.89 Å². The van der Waals surface area contributed by atoms with Crippen molar-refractivity contribution in [2.75, 3.05) is 0 Å². The van der Waals surface area contributed by atoms with Crippen LogP contribution in [0.4, 0.5) is 0 Å². The van der Waals surface area contributed by atoms with Gasteiger partial charge in [0.25, 0.3) is 0 Å². The van der Waals surface area contributed by atoms with Gasteiger partial charge in [-0.3, -0.25) is 4.79 Å². The Kier molecular flexibility index (Phi) is 4.41. The SMILES string of the molecule is Clc1cc2cc-2c1.O=C(O)C(S)c1nc(-c2ccccc2)co1. The molecular formula is C17H12ClNO3S. The fourth-order valence-electron chi connectivity index (χ4n) is 1.98. The van der Waals surface area contributed by atoms with E-state index in [0.717, 1.165) is 10.6 Å². The standard InChI is InChI=1S/C11H9NO3S.C6H3Cl/c13-11(14)9(16)10-12-8(6-15-10)7-4-2-1-3-5-7;7-6-2-4-1-5(4)3-6/h1-6,9,16H,(H,13,14);1-3H. The minimum absolute atomic E-state index is 0.0923. The first-order chi connectivity index (χ1) is 11.0. The molecule has 0 radical (unpaired) electrons. The van der Waals surface area contributed by atoms with Gasteiger partial charge in [-0.25, -0.2) is 4.98 Å². The van der Waals surface area contributed by atoms with Crippen LogP contribution in [-0.2, 0) is 4.79 Å². The van der Waals surface area contributed by atoms with E-state index in [4.69, 9.17) is 21.1 Å². The van der Waals surface area contributed by atoms with E-state index in [0.29, 0.717) is 5.69 Å². The Bertz CT molecular complexity index is 828. The van der Waals surface area contributed by atoms with Crippen LogP contribution in [0.2, 0.25) is 5.02 Å². The van der Waals surface area contributed by atoms with Crippen LogP contribution in [-0.4, -0.2) is 16.1 Å². The number of carbonyl (C=O) groups is 1. The molecule has 0 bridgehead atoms. The van der Waals surface area contributed by atoms with Gasteiger partial charge in [0.1, 0.15) is 12.0 Å². The molecule has 2 aromatic rings. The highest BCUT2D eigenvalue weighted by molar-refractivity contribution is 7.81. The lowest BCUT2D eigenvalue weighted by molar-refractivity contribution is -0.136. The summed E-state index contributed by atoms with van der Waals surface area (Å²) in [6.45, 7) is 0. The molecule has 23 heavy (non-hydrogen) atoms. The molecule has 0 spiro atoms. The van der Waals surface area contributed by atoms with Crippen molar-refractivity contribution in [3.63, 3.8) is 0 Å². The number of fused-ring (bicyclic) bond motifs is 1. The number of rotatable bonds is 3. The van der Waals surface area contributed by atoms with E-state index in [1.54, 1.807) is 0 Å². The Hall–Kier alpha value is -2.24. The fourth-order valence-corrected chi connectivity index (χ4v) is 2.33. The van der Waals surface area contributed by atoms with Crippen molar-refractivity contribution in [3.05, 3.63) is 65.7 Å². The molecule has 1 aromatic heterocycles. The summed E-state index contributed by atoms with van der Waals surface area (Å²) in [5.74, 6) is -0.987. The summed E-state index contributed by atoms with van der Waals surface area (Å²) < 4.78 is 5.07. The molecule has 1 atom stereocenters. The Morgan fingerprint density at radius 2 is 1.78 bits per heavy atom. The molecule has 0 amide bonds. The predicted octanol–water partition coefficient (Wildman–Crippen LogP) is 4.72. The lowest BCUT2D eigenvalue weighted by atomic mass is 10.2. The summed E-state index contributed by atoms with van der Waals surface area (Å²) in [5.41, 5.74) is 4.11. The third-order valence-corrected chi connectivity index (χ3v) is 3.87. The Morgan fingerprint density at radius 3 is 2.30 bits per heavy atom. The first-order valence-corrected chi connectivity index (χ1v) is 7.67. The van der Waals surface area contributed by atoms with Crippen molar-refractivity contribution < 1.29 is 14.3 Å². The number of carboxylic acids is 1. The number of hydrogen-bond donors (Lipinski definition) is 2. The van der Waals surface area contributed by atoms with Crippen LogP contribution in [0.1, 0.15) is 11.1 Å². The first-order valence-electron chi connectivity index (χ1n) is 6.77. The van der Waals surface area contributed by atoms with Crippen molar-refractivity contribution >= 4 is 30.2 Å². The summed E-state index contributed by atoms with van der Waals surface area (Å²) in [5, 5.41) is 8.58. The number of aliphatic carboxylic acids is 1. The molecule has 0 aliphatic heterocycles. The zero-order valence-corrected chi connectivity index (χ0v) is 13.5. The van der Waals surface area contributed by atoms with Gasteiger partial charge >= 0.3 is 5.97 Å². The molecule has 2 aliphatic rings. The Labute approximate surface area is 143 Å². The molecular weight excluding hydrogens is 334 g/mol. The average Bonchev–Trinajstić information content (AvgIpc) is 2.98. The summed E-state index contributed by atoms with van der Waals surface area (Å²) >= 11 is 9.47. The van der Waals surface area contributed by atoms with E-state index < -0.39 is 11.2 Å². The molecule has 4 nitrogen and oxygen atoms in total. The van der Waals surface area contributed by atoms with Gasteiger partial charge in [-0.1, -0.05) is 41.9 Å². The number of carboxylic acid groups (broad SMARTS) is 1. The second-order valence-corrected chi connectivity index (χ2v) is 5.86. The summed E-state index contributed by atoms with van der Waals surface area (Å²) in [4.78, 5) is 14.7. The molecule has 1 unspecified atom stereocenters. The van der Waals surface area contributed by atoms with Gasteiger partial charge in [-0.05, 0) is 29.3 Å². The van der Waals surface area contributed by atoms with Gasteiger partial charge in [0, 0.05) is 10.6 Å². The molecule has 0 saturated heterocycles. The van der Waals surface area contributed by atoms with E-state index >= 15 is 0 Å². The monoisotopic (exact) mass is 345 g/mol. The largest absolute Gasteiger partial charge is 0.480 e. The maximum atomic E-state index is 10.7. The van der Waals surface area contributed by atoms with Crippen LogP contribution >= 0.6 is 24.2 Å². The van der Waals surface area contributed by atoms with E-state index in [1.807, 2.05) is 42.5 Å². The minimum Gasteiger partial charge on any atom is -0.480 e. The lowest BCUT2D eigenvalue weighted by Crippen LogP contribution is -2.05. The van der Waals surface area contributed by atoms with Crippen molar-refractivity contribution in [2.45, 2.75) is 5.25 Å². The third kappa shape index (κ3) is 3.75. The molecule has 1 heterocycles. The zero-order chi connectivity index (χ0) is 16.4. The summed E-state index contributed by atoms with van der Waals surface area (Å²) in [6.07, 6.45) is 1.43. The smallest absolute Gasteiger partial charge is 0.325 e. The number of benzene rings is 2. The van der Waals surface area contributed by atoms with E-state index in [1.165, 1.54) is 17.4 Å². The van der Waals surface area contributed by atoms with Crippen molar-refractivity contribution in [1.29, 1.82) is 0 Å². The fraction of sp³-hybridized carbons (Fsp3) is 0.0588. The van der Waals surface area contributed by atoms with E-state index in [2.05, 4.69) is 23.7 Å². The summed E-state index contributed by atoms with van der Waals surface area (Å²) in [7, 11) is 0. The van der Waals surface area contributed by atoms with E-state index in [9.17, 15) is 4.79 Å². The molecule has 1 N–H and O–H groups in total. The van der Waals surface area contributed by atoms with Crippen molar-refractivity contribution in [3.8, 4) is 22.4 Å². The molecule has 4 rings (SSSR count). The zero-order valence-electron chi connectivity index (χ0n) is 11.8. The predicted molar refractivity (Wildman–Crippen MR) is 91.7 cm³/mol. The molecule has 1 aromatic carbocycles. The highest BCUT2D eigenvalue weighted by Gasteiger charge is 2.20. The van der Waals surface area contributed by atoms with Crippen LogP contribution in [0.3, 0.4) is 0 Å². The third-order valence-electron chi connectivity index (χ3n) is 3.21. The Balaban J connectivity index is 0.000000183. The van der Waals surface area contributed by atoms with Gasteiger partial charge in [0.15, 0.2) is 5.25 Å². The number of aromatic nitrogens is 1. The second kappa shape index (κ2) is 6.48. The maximum absolute atomic E-state index is 10.7. The second-order valence-electron chi connectivity index (χ2n) is 4.91. The van der Waals surface area contributed by atoms with Gasteiger partial charge in [-0.15, -0.1) is 0 Å². The average molecular weight is 346 g/mol. The maximum Gasteiger partial charge on any atom is 0.325 e. The quantitative estimate of drug-likeness (QED) is 0.527. The van der Waals surface area contributed by atoms with Crippen LogP contribution in [0.15, 0.2) is 59.2 Å². The number of nitrogens with zero attached hydrogens (tertiary/aromatic N) is 1. The Morgan fingerprint density at radius 1 is 1.13 bits per heavy atom. The van der Waals surface area contributed by atoms with Crippen LogP contribution in [0, 0.1) is 0 Å². The molecule has 116 valence electrons. The molecule has 2 aliphatic carbocycles. The minimum atomic E-state index is -1.08.